The van der Waals surface area contributed by atoms with Gasteiger partial charge in [0.2, 0.25) is 0 Å². The molecule has 130 valence electrons. The predicted octanol–water partition coefficient (Wildman–Crippen LogP) is 4.86. The molecule has 1 aromatic carbocycles. The fourth-order valence-corrected chi connectivity index (χ4v) is 3.78. The maximum absolute atomic E-state index is 9.10. The highest BCUT2D eigenvalue weighted by molar-refractivity contribution is 6.45. The van der Waals surface area contributed by atoms with Crippen LogP contribution in [0.25, 0.3) is 0 Å². The summed E-state index contributed by atoms with van der Waals surface area (Å²) >= 11 is 18.6. The van der Waals surface area contributed by atoms with Crippen molar-refractivity contribution < 1.29 is 0 Å². The van der Waals surface area contributed by atoms with Gasteiger partial charge >= 0.3 is 0 Å². The molecule has 0 saturated carbocycles. The van der Waals surface area contributed by atoms with Gasteiger partial charge in [-0.15, -0.1) is 0 Å². The molecule has 1 saturated heterocycles. The van der Waals surface area contributed by atoms with Gasteiger partial charge in [0.1, 0.15) is 16.7 Å². The molecule has 0 spiro atoms. The first kappa shape index (κ1) is 18.1. The Morgan fingerprint density at radius 2 is 1.64 bits per heavy atom. The minimum absolute atomic E-state index is 0.0869. The number of hydrogen-bond acceptors (Lipinski definition) is 4. The Labute approximate surface area is 162 Å². The molecule has 3 rings (SSSR count). The van der Waals surface area contributed by atoms with E-state index in [0.717, 1.165) is 26.2 Å². The highest BCUT2D eigenvalue weighted by atomic mass is 35.5. The summed E-state index contributed by atoms with van der Waals surface area (Å²) in [5, 5.41) is 9.63. The normalized spacial score (nSPS) is 14.6. The predicted molar refractivity (Wildman–Crippen MR) is 104 cm³/mol. The average Bonchev–Trinajstić information content (AvgIpc) is 2.61. The summed E-state index contributed by atoms with van der Waals surface area (Å²) < 4.78 is 0. The number of hydrogen-bond donors (Lipinski definition) is 0. The Hall–Kier alpha value is -1.67. The van der Waals surface area contributed by atoms with E-state index in [4.69, 9.17) is 40.1 Å². The molecule has 0 bridgehead atoms. The molecule has 0 amide bonds. The smallest absolute Gasteiger partial charge is 0.150 e. The van der Waals surface area contributed by atoms with Gasteiger partial charge in [-0.25, -0.2) is 4.98 Å². The molecular formula is C18H17Cl3N4. The van der Waals surface area contributed by atoms with E-state index in [2.05, 4.69) is 46.8 Å². The zero-order valence-electron chi connectivity index (χ0n) is 14.0. The molecule has 0 radical (unpaired) electrons. The number of anilines is 2. The van der Waals surface area contributed by atoms with Crippen molar-refractivity contribution in [3.8, 4) is 6.07 Å². The van der Waals surface area contributed by atoms with Gasteiger partial charge in [0, 0.05) is 31.9 Å². The number of piperazine rings is 1. The SMILES string of the molecule is Cc1cccc(N2CCN(c3nc(Cl)c(C#N)c(Cl)c3Cl)CC2)c1C. The van der Waals surface area contributed by atoms with Crippen LogP contribution >= 0.6 is 34.8 Å². The molecule has 1 aliphatic heterocycles. The summed E-state index contributed by atoms with van der Waals surface area (Å²) in [6.07, 6.45) is 0. The van der Waals surface area contributed by atoms with Crippen LogP contribution in [0.2, 0.25) is 15.2 Å². The van der Waals surface area contributed by atoms with E-state index < -0.39 is 0 Å². The molecule has 0 aliphatic carbocycles. The molecule has 7 heteroatoms. The second kappa shape index (κ2) is 7.29. The number of nitrogens with zero attached hydrogens (tertiary/aromatic N) is 4. The second-order valence-electron chi connectivity index (χ2n) is 6.03. The minimum Gasteiger partial charge on any atom is -0.368 e. The lowest BCUT2D eigenvalue weighted by atomic mass is 10.1. The third kappa shape index (κ3) is 3.37. The van der Waals surface area contributed by atoms with Crippen molar-refractivity contribution >= 4 is 46.3 Å². The van der Waals surface area contributed by atoms with Crippen LogP contribution in [-0.2, 0) is 0 Å². The molecule has 2 aromatic rings. The fourth-order valence-electron chi connectivity index (χ4n) is 3.04. The zero-order valence-corrected chi connectivity index (χ0v) is 16.3. The van der Waals surface area contributed by atoms with E-state index in [9.17, 15) is 0 Å². The van der Waals surface area contributed by atoms with E-state index in [0.29, 0.717) is 5.82 Å². The highest BCUT2D eigenvalue weighted by Crippen LogP contribution is 2.37. The molecule has 1 fully saturated rings. The monoisotopic (exact) mass is 394 g/mol. The Bertz CT molecular complexity index is 852. The molecule has 1 aliphatic rings. The van der Waals surface area contributed by atoms with Crippen molar-refractivity contribution in [1.29, 1.82) is 5.26 Å². The Morgan fingerprint density at radius 3 is 2.28 bits per heavy atom. The number of halogens is 3. The quantitative estimate of drug-likeness (QED) is 0.681. The maximum Gasteiger partial charge on any atom is 0.150 e. The van der Waals surface area contributed by atoms with Crippen LogP contribution in [-0.4, -0.2) is 31.2 Å². The van der Waals surface area contributed by atoms with E-state index >= 15 is 0 Å². The van der Waals surface area contributed by atoms with Gasteiger partial charge in [0.15, 0.2) is 11.0 Å². The van der Waals surface area contributed by atoms with Gasteiger partial charge in [-0.2, -0.15) is 5.26 Å². The van der Waals surface area contributed by atoms with Gasteiger partial charge in [-0.05, 0) is 31.0 Å². The highest BCUT2D eigenvalue weighted by Gasteiger charge is 2.24. The molecule has 0 unspecified atom stereocenters. The molecule has 25 heavy (non-hydrogen) atoms. The Balaban J connectivity index is 1.82. The van der Waals surface area contributed by atoms with Crippen LogP contribution in [0.15, 0.2) is 18.2 Å². The fraction of sp³-hybridized carbons (Fsp3) is 0.333. The lowest BCUT2D eigenvalue weighted by Gasteiger charge is -2.38. The van der Waals surface area contributed by atoms with Crippen LogP contribution in [0.3, 0.4) is 0 Å². The van der Waals surface area contributed by atoms with Crippen molar-refractivity contribution in [2.75, 3.05) is 36.0 Å². The van der Waals surface area contributed by atoms with Gasteiger partial charge in [-0.1, -0.05) is 46.9 Å². The number of aromatic nitrogens is 1. The lowest BCUT2D eigenvalue weighted by molar-refractivity contribution is 0.646. The van der Waals surface area contributed by atoms with Crippen LogP contribution < -0.4 is 9.80 Å². The molecule has 4 nitrogen and oxygen atoms in total. The lowest BCUT2D eigenvalue weighted by Crippen LogP contribution is -2.47. The first-order chi connectivity index (χ1) is 11.9. The molecule has 1 aromatic heterocycles. The van der Waals surface area contributed by atoms with Crippen molar-refractivity contribution in [2.45, 2.75) is 13.8 Å². The van der Waals surface area contributed by atoms with E-state index in [1.165, 1.54) is 16.8 Å². The van der Waals surface area contributed by atoms with Crippen molar-refractivity contribution in [2.24, 2.45) is 0 Å². The van der Waals surface area contributed by atoms with Crippen molar-refractivity contribution in [3.63, 3.8) is 0 Å². The summed E-state index contributed by atoms with van der Waals surface area (Å²) in [7, 11) is 0. The van der Waals surface area contributed by atoms with Crippen molar-refractivity contribution in [3.05, 3.63) is 50.1 Å². The summed E-state index contributed by atoms with van der Waals surface area (Å²) in [4.78, 5) is 8.71. The first-order valence-corrected chi connectivity index (χ1v) is 9.08. The van der Waals surface area contributed by atoms with Crippen LogP contribution in [0, 0.1) is 25.2 Å². The average molecular weight is 396 g/mol. The number of aryl methyl sites for hydroxylation is 1. The Morgan fingerprint density at radius 1 is 1.00 bits per heavy atom. The van der Waals surface area contributed by atoms with Crippen LogP contribution in [0.5, 0.6) is 0 Å². The molecule has 2 heterocycles. The minimum atomic E-state index is 0.0869. The number of nitriles is 1. The van der Waals surface area contributed by atoms with E-state index in [-0.39, 0.29) is 20.8 Å². The van der Waals surface area contributed by atoms with Crippen molar-refractivity contribution in [1.82, 2.24) is 4.98 Å². The summed E-state index contributed by atoms with van der Waals surface area (Å²) in [6.45, 7) is 7.46. The third-order valence-corrected chi connectivity index (χ3v) is 5.73. The van der Waals surface area contributed by atoms with Gasteiger partial charge in [0.05, 0.1) is 5.02 Å². The first-order valence-electron chi connectivity index (χ1n) is 7.94. The molecular weight excluding hydrogens is 379 g/mol. The van der Waals surface area contributed by atoms with Crippen LogP contribution in [0.4, 0.5) is 11.5 Å². The summed E-state index contributed by atoms with van der Waals surface area (Å²) in [5.74, 6) is 0.538. The van der Waals surface area contributed by atoms with Gasteiger partial charge < -0.3 is 9.80 Å². The van der Waals surface area contributed by atoms with Gasteiger partial charge in [-0.3, -0.25) is 0 Å². The topological polar surface area (TPSA) is 43.2 Å². The summed E-state index contributed by atoms with van der Waals surface area (Å²) in [6, 6.07) is 8.30. The Kier molecular flexibility index (Phi) is 5.29. The van der Waals surface area contributed by atoms with Gasteiger partial charge in [0.25, 0.3) is 0 Å². The number of rotatable bonds is 2. The van der Waals surface area contributed by atoms with E-state index in [1.54, 1.807) is 0 Å². The summed E-state index contributed by atoms with van der Waals surface area (Å²) in [5.41, 5.74) is 3.97. The zero-order chi connectivity index (χ0) is 18.1. The van der Waals surface area contributed by atoms with E-state index in [1.807, 2.05) is 6.07 Å². The second-order valence-corrected chi connectivity index (χ2v) is 7.15. The largest absolute Gasteiger partial charge is 0.368 e. The molecule has 0 N–H and O–H groups in total. The van der Waals surface area contributed by atoms with Crippen LogP contribution in [0.1, 0.15) is 16.7 Å². The maximum atomic E-state index is 9.10. The standard InChI is InChI=1S/C18H17Cl3N4/c1-11-4-3-5-14(12(11)2)24-6-8-25(9-7-24)18-16(20)15(19)13(10-22)17(21)23-18/h3-5H,6-9H2,1-2H3. The third-order valence-electron chi connectivity index (χ3n) is 4.63. The molecule has 0 atom stereocenters. The number of benzene rings is 1. The number of pyridine rings is 1.